The summed E-state index contributed by atoms with van der Waals surface area (Å²) in [5.74, 6) is 0. The van der Waals surface area contributed by atoms with E-state index in [2.05, 4.69) is 39.4 Å². The molecule has 2 aromatic rings. The van der Waals surface area contributed by atoms with E-state index in [1.54, 1.807) is 0 Å². The second-order valence-corrected chi connectivity index (χ2v) is 7.45. The largest absolute Gasteiger partial charge is 0.396 e. The summed E-state index contributed by atoms with van der Waals surface area (Å²) in [7, 11) is 0. The first kappa shape index (κ1) is 14.0. The van der Waals surface area contributed by atoms with Gasteiger partial charge >= 0.3 is 0 Å². The van der Waals surface area contributed by atoms with Crippen LogP contribution in [0.4, 0.5) is 10.3 Å². The summed E-state index contributed by atoms with van der Waals surface area (Å²) in [4.78, 5) is 2.37. The average Bonchev–Trinajstić information content (AvgIpc) is 3.21. The van der Waals surface area contributed by atoms with Crippen LogP contribution in [-0.2, 0) is 6.42 Å². The first-order valence-electron chi connectivity index (χ1n) is 7.74. The van der Waals surface area contributed by atoms with Crippen molar-refractivity contribution in [3.8, 4) is 0 Å². The van der Waals surface area contributed by atoms with Gasteiger partial charge in [-0.05, 0) is 31.2 Å². The number of aromatic nitrogens is 2. The van der Waals surface area contributed by atoms with Crippen molar-refractivity contribution in [2.24, 2.45) is 5.41 Å². The van der Waals surface area contributed by atoms with Crippen molar-refractivity contribution in [1.29, 1.82) is 0 Å². The molecule has 0 saturated carbocycles. The molecule has 0 radical (unpaired) electrons. The SMILES string of the molecule is Nc1nnc(N2[C@@H]3CC[C@H]2[C@](CO)(Cc2ccccc2)C3)s1. The number of hydrogen-bond donors (Lipinski definition) is 2. The minimum atomic E-state index is -0.0787. The van der Waals surface area contributed by atoms with Crippen LogP contribution in [0.3, 0.4) is 0 Å². The number of nitrogen functional groups attached to an aromatic ring is 1. The standard InChI is InChI=1S/C16H20N4OS/c17-14-18-19-15(22-14)20-12-6-7-13(20)16(9-12,10-21)8-11-4-2-1-3-5-11/h1-5,12-13,21H,6-10H2,(H2,17,18)/t12-,13+,16-/m1/s1. The van der Waals surface area contributed by atoms with Crippen LogP contribution < -0.4 is 10.6 Å². The quantitative estimate of drug-likeness (QED) is 0.903. The zero-order valence-corrected chi connectivity index (χ0v) is 13.2. The van der Waals surface area contributed by atoms with Crippen LogP contribution in [-0.4, -0.2) is 34.0 Å². The third kappa shape index (κ3) is 2.09. The Bertz CT molecular complexity index is 661. The lowest BCUT2D eigenvalue weighted by Crippen LogP contribution is -2.42. The molecule has 4 rings (SSSR count). The fourth-order valence-corrected chi connectivity index (χ4v) is 5.06. The third-order valence-electron chi connectivity index (χ3n) is 5.22. The molecule has 0 unspecified atom stereocenters. The van der Waals surface area contributed by atoms with Gasteiger partial charge in [-0.2, -0.15) is 0 Å². The summed E-state index contributed by atoms with van der Waals surface area (Å²) in [5.41, 5.74) is 6.96. The van der Waals surface area contributed by atoms with Gasteiger partial charge in [0.15, 0.2) is 0 Å². The topological polar surface area (TPSA) is 75.3 Å². The second-order valence-electron chi connectivity index (χ2n) is 6.46. The Hall–Kier alpha value is -1.66. The van der Waals surface area contributed by atoms with Gasteiger partial charge in [-0.3, -0.25) is 0 Å². The van der Waals surface area contributed by atoms with Crippen molar-refractivity contribution in [2.75, 3.05) is 17.2 Å². The number of aliphatic hydroxyl groups is 1. The van der Waals surface area contributed by atoms with Crippen molar-refractivity contribution >= 4 is 21.6 Å². The van der Waals surface area contributed by atoms with Gasteiger partial charge in [-0.1, -0.05) is 41.7 Å². The Labute approximate surface area is 133 Å². The summed E-state index contributed by atoms with van der Waals surface area (Å²) in [6.07, 6.45) is 4.21. The van der Waals surface area contributed by atoms with E-state index in [9.17, 15) is 5.11 Å². The molecule has 5 nitrogen and oxygen atoms in total. The van der Waals surface area contributed by atoms with Crippen LogP contribution in [0.15, 0.2) is 30.3 Å². The fourth-order valence-electron chi connectivity index (χ4n) is 4.33. The minimum absolute atomic E-state index is 0.0787. The predicted molar refractivity (Wildman–Crippen MR) is 87.9 cm³/mol. The Kier molecular flexibility index (Phi) is 3.31. The maximum atomic E-state index is 10.2. The normalized spacial score (nSPS) is 30.1. The smallest absolute Gasteiger partial charge is 0.210 e. The average molecular weight is 316 g/mol. The molecule has 0 aliphatic carbocycles. The molecule has 3 atom stereocenters. The maximum absolute atomic E-state index is 10.2. The van der Waals surface area contributed by atoms with Crippen molar-refractivity contribution in [3.63, 3.8) is 0 Å². The number of nitrogens with zero attached hydrogens (tertiary/aromatic N) is 3. The molecule has 6 heteroatoms. The highest BCUT2D eigenvalue weighted by atomic mass is 32.1. The molecule has 0 spiro atoms. The van der Waals surface area contributed by atoms with Gasteiger partial charge < -0.3 is 15.7 Å². The van der Waals surface area contributed by atoms with Gasteiger partial charge in [0, 0.05) is 17.5 Å². The molecule has 22 heavy (non-hydrogen) atoms. The van der Waals surface area contributed by atoms with E-state index in [0.717, 1.165) is 24.4 Å². The van der Waals surface area contributed by atoms with Gasteiger partial charge in [0.2, 0.25) is 10.3 Å². The molecule has 2 aliphatic heterocycles. The molecule has 1 aromatic heterocycles. The minimum Gasteiger partial charge on any atom is -0.396 e. The molecular weight excluding hydrogens is 296 g/mol. The van der Waals surface area contributed by atoms with Gasteiger partial charge in [0.05, 0.1) is 6.61 Å². The summed E-state index contributed by atoms with van der Waals surface area (Å²) >= 11 is 1.45. The molecule has 3 N–H and O–H groups in total. The first-order valence-corrected chi connectivity index (χ1v) is 8.56. The van der Waals surface area contributed by atoms with Gasteiger partial charge in [-0.15, -0.1) is 10.2 Å². The Morgan fingerprint density at radius 3 is 2.77 bits per heavy atom. The summed E-state index contributed by atoms with van der Waals surface area (Å²) in [6.45, 7) is 0.216. The highest BCUT2D eigenvalue weighted by Crippen LogP contribution is 2.53. The summed E-state index contributed by atoms with van der Waals surface area (Å²) < 4.78 is 0. The van der Waals surface area contributed by atoms with E-state index < -0.39 is 0 Å². The van der Waals surface area contributed by atoms with E-state index in [1.165, 1.54) is 23.3 Å². The van der Waals surface area contributed by atoms with Crippen LogP contribution in [0.25, 0.3) is 0 Å². The van der Waals surface area contributed by atoms with Gasteiger partial charge in [-0.25, -0.2) is 0 Å². The van der Waals surface area contributed by atoms with Crippen LogP contribution in [0.1, 0.15) is 24.8 Å². The van der Waals surface area contributed by atoms with Crippen molar-refractivity contribution < 1.29 is 5.11 Å². The first-order chi connectivity index (χ1) is 10.7. The van der Waals surface area contributed by atoms with Gasteiger partial charge in [0.1, 0.15) is 0 Å². The van der Waals surface area contributed by atoms with E-state index in [-0.39, 0.29) is 12.0 Å². The Morgan fingerprint density at radius 1 is 1.27 bits per heavy atom. The van der Waals surface area contributed by atoms with Crippen LogP contribution in [0, 0.1) is 5.41 Å². The lowest BCUT2D eigenvalue weighted by molar-refractivity contribution is 0.0985. The number of rotatable bonds is 4. The van der Waals surface area contributed by atoms with E-state index in [1.807, 2.05) is 6.07 Å². The van der Waals surface area contributed by atoms with E-state index >= 15 is 0 Å². The van der Waals surface area contributed by atoms with Crippen LogP contribution in [0.5, 0.6) is 0 Å². The van der Waals surface area contributed by atoms with Crippen LogP contribution in [0.2, 0.25) is 0 Å². The Morgan fingerprint density at radius 2 is 2.09 bits per heavy atom. The summed E-state index contributed by atoms with van der Waals surface area (Å²) in [6, 6.07) is 11.2. The number of fused-ring (bicyclic) bond motifs is 2. The molecule has 0 amide bonds. The number of aliphatic hydroxyl groups excluding tert-OH is 1. The molecule has 2 bridgehead atoms. The predicted octanol–water partition coefficient (Wildman–Crippen LogP) is 2.08. The lowest BCUT2D eigenvalue weighted by atomic mass is 9.70. The molecule has 116 valence electrons. The maximum Gasteiger partial charge on any atom is 0.210 e. The van der Waals surface area contributed by atoms with Crippen molar-refractivity contribution in [1.82, 2.24) is 10.2 Å². The van der Waals surface area contributed by atoms with Gasteiger partial charge in [0.25, 0.3) is 0 Å². The summed E-state index contributed by atoms with van der Waals surface area (Å²) in [5, 5.41) is 19.8. The highest BCUT2D eigenvalue weighted by molar-refractivity contribution is 7.18. The highest BCUT2D eigenvalue weighted by Gasteiger charge is 2.56. The van der Waals surface area contributed by atoms with Crippen molar-refractivity contribution in [3.05, 3.63) is 35.9 Å². The van der Waals surface area contributed by atoms with E-state index in [0.29, 0.717) is 17.2 Å². The second kappa shape index (κ2) is 5.21. The molecule has 3 heterocycles. The number of nitrogens with two attached hydrogens (primary N) is 1. The zero-order chi connectivity index (χ0) is 15.2. The number of hydrogen-bond acceptors (Lipinski definition) is 6. The molecule has 2 fully saturated rings. The zero-order valence-electron chi connectivity index (χ0n) is 12.4. The van der Waals surface area contributed by atoms with Crippen LogP contribution >= 0.6 is 11.3 Å². The molecule has 1 aromatic carbocycles. The fraction of sp³-hybridized carbons (Fsp3) is 0.500. The molecule has 2 aliphatic rings. The van der Waals surface area contributed by atoms with Crippen molar-refractivity contribution in [2.45, 2.75) is 37.8 Å². The molecule has 2 saturated heterocycles. The molecular formula is C16H20N4OS. The third-order valence-corrected chi connectivity index (χ3v) is 5.98. The monoisotopic (exact) mass is 316 g/mol. The Balaban J connectivity index is 1.65. The number of benzene rings is 1. The van der Waals surface area contributed by atoms with E-state index in [4.69, 9.17) is 5.73 Å². The number of anilines is 2. The lowest BCUT2D eigenvalue weighted by Gasteiger charge is -2.36.